The highest BCUT2D eigenvalue weighted by molar-refractivity contribution is 5.80. The molecule has 5 heteroatoms. The Kier molecular flexibility index (Phi) is 39.1. The number of hydrogen-bond acceptors (Lipinski definition) is 4. The Morgan fingerprint density at radius 2 is 0.796 bits per heavy atom. The van der Waals surface area contributed by atoms with Gasteiger partial charge in [-0.15, -0.1) is 0 Å². The second-order valence-corrected chi connectivity index (χ2v) is 15.3. The first-order valence-corrected chi connectivity index (χ1v) is 22.0. The van der Waals surface area contributed by atoms with Gasteiger partial charge in [0.2, 0.25) is 5.91 Å². The highest BCUT2D eigenvalue weighted by Crippen LogP contribution is 2.16. The van der Waals surface area contributed by atoms with Gasteiger partial charge in [-0.2, -0.15) is 0 Å². The summed E-state index contributed by atoms with van der Waals surface area (Å²) in [5.74, 6) is -0.500. The van der Waals surface area contributed by atoms with Crippen molar-refractivity contribution in [3.63, 3.8) is 0 Å². The summed E-state index contributed by atoms with van der Waals surface area (Å²) in [6.07, 6.45) is 46.8. The summed E-state index contributed by atoms with van der Waals surface area (Å²) in [5, 5.41) is 33.0. The molecule has 0 aliphatic rings. The number of carbonyl (C=O) groups excluding carboxylic acids is 1. The average molecular weight is 694 g/mol. The minimum atomic E-state index is -1.09. The third-order valence-electron chi connectivity index (χ3n) is 10.4. The van der Waals surface area contributed by atoms with E-state index in [1.165, 1.54) is 186 Å². The van der Waals surface area contributed by atoms with Gasteiger partial charge < -0.3 is 20.6 Å². The van der Waals surface area contributed by atoms with Gasteiger partial charge in [-0.25, -0.2) is 0 Å². The minimum absolute atomic E-state index is 0.360. The topological polar surface area (TPSA) is 89.8 Å². The van der Waals surface area contributed by atoms with Gasteiger partial charge in [-0.1, -0.05) is 231 Å². The molecule has 0 bridgehead atoms. The van der Waals surface area contributed by atoms with Crippen LogP contribution < -0.4 is 5.32 Å². The van der Waals surface area contributed by atoms with E-state index in [-0.39, 0.29) is 6.61 Å². The fourth-order valence-electron chi connectivity index (χ4n) is 6.89. The maximum atomic E-state index is 12.4. The summed E-state index contributed by atoms with van der Waals surface area (Å²) in [6.45, 7) is 4.18. The number of nitrogens with one attached hydrogen (secondary N) is 1. The molecule has 292 valence electrons. The Morgan fingerprint density at radius 3 is 1.12 bits per heavy atom. The molecule has 4 N–H and O–H groups in total. The predicted octanol–water partition coefficient (Wildman–Crippen LogP) is 12.4. The molecule has 0 radical (unpaired) electrons. The van der Waals surface area contributed by atoms with Crippen molar-refractivity contribution >= 4 is 5.91 Å². The number of aliphatic hydroxyl groups excluding tert-OH is 3. The van der Waals surface area contributed by atoms with E-state index in [0.29, 0.717) is 6.42 Å². The molecule has 1 amide bonds. The second-order valence-electron chi connectivity index (χ2n) is 15.3. The zero-order chi connectivity index (χ0) is 35.9. The Hall–Kier alpha value is -0.910. The molecule has 0 aromatic rings. The Bertz CT molecular complexity index is 684. The normalized spacial score (nSPS) is 13.7. The third kappa shape index (κ3) is 35.3. The van der Waals surface area contributed by atoms with Crippen LogP contribution in [-0.2, 0) is 4.79 Å². The van der Waals surface area contributed by atoms with Crippen LogP contribution in [0, 0.1) is 0 Å². The summed E-state index contributed by atoms with van der Waals surface area (Å²) in [5.41, 5.74) is 0. The lowest BCUT2D eigenvalue weighted by Crippen LogP contribution is -2.48. The first-order chi connectivity index (χ1) is 24.1. The number of allylic oxidation sites excluding steroid dienone is 1. The van der Waals surface area contributed by atoms with Crippen LogP contribution in [0.2, 0.25) is 0 Å². The van der Waals surface area contributed by atoms with Crippen LogP contribution >= 0.6 is 0 Å². The highest BCUT2D eigenvalue weighted by atomic mass is 16.3. The molecule has 0 aromatic carbocycles. The molecule has 49 heavy (non-hydrogen) atoms. The molecule has 0 heterocycles. The van der Waals surface area contributed by atoms with Crippen LogP contribution in [0.1, 0.15) is 239 Å². The molecule has 0 spiro atoms. The molecule has 0 saturated heterocycles. The van der Waals surface area contributed by atoms with Gasteiger partial charge in [0.05, 0.1) is 18.8 Å². The molecule has 0 rings (SSSR count). The number of rotatable bonds is 40. The van der Waals surface area contributed by atoms with E-state index >= 15 is 0 Å². The van der Waals surface area contributed by atoms with Crippen LogP contribution in [-0.4, -0.2) is 46.1 Å². The molecule has 5 nitrogen and oxygen atoms in total. The van der Waals surface area contributed by atoms with Crippen molar-refractivity contribution in [1.29, 1.82) is 0 Å². The summed E-state index contributed by atoms with van der Waals surface area (Å²) in [7, 11) is 0. The van der Waals surface area contributed by atoms with E-state index < -0.39 is 24.2 Å². The summed E-state index contributed by atoms with van der Waals surface area (Å²) in [6, 6.07) is -0.791. The van der Waals surface area contributed by atoms with Gasteiger partial charge in [0.25, 0.3) is 0 Å². The summed E-state index contributed by atoms with van der Waals surface area (Å²) in [4.78, 5) is 12.4. The van der Waals surface area contributed by atoms with Crippen molar-refractivity contribution in [2.45, 2.75) is 257 Å². The second kappa shape index (κ2) is 39.9. The Morgan fingerprint density at radius 1 is 0.490 bits per heavy atom. The number of hydrogen-bond donors (Lipinski definition) is 4. The lowest BCUT2D eigenvalue weighted by atomic mass is 10.0. The first-order valence-electron chi connectivity index (χ1n) is 22.0. The minimum Gasteiger partial charge on any atom is -0.394 e. The summed E-state index contributed by atoms with van der Waals surface area (Å²) >= 11 is 0. The van der Waals surface area contributed by atoms with Crippen molar-refractivity contribution < 1.29 is 20.1 Å². The third-order valence-corrected chi connectivity index (χ3v) is 10.4. The van der Waals surface area contributed by atoms with Crippen LogP contribution in [0.3, 0.4) is 0 Å². The van der Waals surface area contributed by atoms with E-state index in [0.717, 1.165) is 32.1 Å². The number of amides is 1. The quantitative estimate of drug-likeness (QED) is 0.0380. The summed E-state index contributed by atoms with van der Waals surface area (Å²) < 4.78 is 0. The largest absolute Gasteiger partial charge is 0.394 e. The molecule has 0 aliphatic carbocycles. The van der Waals surface area contributed by atoms with Crippen molar-refractivity contribution in [2.75, 3.05) is 6.61 Å². The smallest absolute Gasteiger partial charge is 0.249 e. The number of unbranched alkanes of at least 4 members (excludes halogenated alkanes) is 32. The molecule has 0 aliphatic heterocycles. The Balaban J connectivity index is 3.56. The molecule has 3 atom stereocenters. The van der Waals surface area contributed by atoms with Gasteiger partial charge in [-0.05, 0) is 19.3 Å². The highest BCUT2D eigenvalue weighted by Gasteiger charge is 2.22. The Labute approximate surface area is 306 Å². The van der Waals surface area contributed by atoms with Crippen LogP contribution in [0.25, 0.3) is 0 Å². The predicted molar refractivity (Wildman–Crippen MR) is 213 cm³/mol. The van der Waals surface area contributed by atoms with Gasteiger partial charge in [0, 0.05) is 0 Å². The molecule has 0 saturated carbocycles. The van der Waals surface area contributed by atoms with E-state index in [9.17, 15) is 20.1 Å². The van der Waals surface area contributed by atoms with E-state index in [2.05, 4.69) is 19.2 Å². The molecule has 0 aromatic heterocycles. The molecular weight excluding hydrogens is 606 g/mol. The maximum Gasteiger partial charge on any atom is 0.249 e. The van der Waals surface area contributed by atoms with Crippen molar-refractivity contribution in [1.82, 2.24) is 5.32 Å². The molecule has 0 fully saturated rings. The van der Waals surface area contributed by atoms with Gasteiger partial charge in [0.1, 0.15) is 6.10 Å². The van der Waals surface area contributed by atoms with Gasteiger partial charge in [-0.3, -0.25) is 4.79 Å². The lowest BCUT2D eigenvalue weighted by molar-refractivity contribution is -0.131. The molecular formula is C44H87NO4. The fourth-order valence-corrected chi connectivity index (χ4v) is 6.89. The zero-order valence-electron chi connectivity index (χ0n) is 33.1. The fraction of sp³-hybridized carbons (Fsp3) is 0.932. The maximum absolute atomic E-state index is 12.4. The van der Waals surface area contributed by atoms with Crippen molar-refractivity contribution in [2.24, 2.45) is 0 Å². The van der Waals surface area contributed by atoms with Gasteiger partial charge >= 0.3 is 0 Å². The van der Waals surface area contributed by atoms with E-state index in [1.54, 1.807) is 6.08 Å². The molecule has 3 unspecified atom stereocenters. The number of carbonyl (C=O) groups is 1. The first kappa shape index (κ1) is 48.1. The van der Waals surface area contributed by atoms with Crippen LogP contribution in [0.15, 0.2) is 12.2 Å². The number of aliphatic hydroxyl groups is 3. The van der Waals surface area contributed by atoms with Crippen LogP contribution in [0.5, 0.6) is 0 Å². The van der Waals surface area contributed by atoms with Crippen molar-refractivity contribution in [3.05, 3.63) is 12.2 Å². The van der Waals surface area contributed by atoms with E-state index in [4.69, 9.17) is 0 Å². The van der Waals surface area contributed by atoms with E-state index in [1.807, 2.05) is 6.08 Å². The standard InChI is InChI=1S/C44H87NO4/c1-3-5-7-9-11-13-15-16-17-18-19-20-21-22-23-24-25-26-27-29-31-33-35-37-39-43(48)44(49)45-41(40-46)42(47)38-36-34-32-30-28-14-12-10-8-6-4-2/h36,38,41-43,46-48H,3-35,37,39-40H2,1-2H3,(H,45,49)/b38-36+. The lowest BCUT2D eigenvalue weighted by Gasteiger charge is -2.21. The monoisotopic (exact) mass is 694 g/mol. The zero-order valence-corrected chi connectivity index (χ0v) is 33.1. The van der Waals surface area contributed by atoms with Crippen molar-refractivity contribution in [3.8, 4) is 0 Å². The SMILES string of the molecule is CCCCCCCCCCC/C=C/C(O)C(CO)NC(=O)C(O)CCCCCCCCCCCCCCCCCCCCCCCCCC. The average Bonchev–Trinajstić information content (AvgIpc) is 3.11. The van der Waals surface area contributed by atoms with Crippen LogP contribution in [0.4, 0.5) is 0 Å². The van der Waals surface area contributed by atoms with Gasteiger partial charge in [0.15, 0.2) is 0 Å².